The van der Waals surface area contributed by atoms with Gasteiger partial charge < -0.3 is 4.74 Å². The van der Waals surface area contributed by atoms with Crippen molar-refractivity contribution < 1.29 is 24.2 Å². The van der Waals surface area contributed by atoms with Gasteiger partial charge in [0.2, 0.25) is 0 Å². The van der Waals surface area contributed by atoms with Crippen molar-refractivity contribution >= 4 is 23.1 Å². The molecule has 1 saturated carbocycles. The van der Waals surface area contributed by atoms with Gasteiger partial charge in [-0.25, -0.2) is 0 Å². The Bertz CT molecular complexity index is 775. The van der Waals surface area contributed by atoms with Gasteiger partial charge in [-0.15, -0.1) is 0 Å². The van der Waals surface area contributed by atoms with E-state index in [1.165, 1.54) is 12.1 Å². The number of carbonyl (C=O) groups is 2. The van der Waals surface area contributed by atoms with E-state index in [4.69, 9.17) is 4.74 Å². The van der Waals surface area contributed by atoms with Crippen LogP contribution in [0.3, 0.4) is 0 Å². The lowest BCUT2D eigenvalue weighted by molar-refractivity contribution is -0.394. The fourth-order valence-corrected chi connectivity index (χ4v) is 3.40. The second-order valence-corrected chi connectivity index (χ2v) is 6.99. The van der Waals surface area contributed by atoms with E-state index in [1.54, 1.807) is 13.8 Å². The Morgan fingerprint density at radius 2 is 1.93 bits per heavy atom. The van der Waals surface area contributed by atoms with Gasteiger partial charge in [0.1, 0.15) is 11.2 Å². The highest BCUT2D eigenvalue weighted by atomic mass is 16.6. The van der Waals surface area contributed by atoms with Gasteiger partial charge in [0.15, 0.2) is 0 Å². The van der Waals surface area contributed by atoms with Crippen LogP contribution in [0.25, 0.3) is 0 Å². The topological polar surface area (TPSA) is 130 Å². The first-order valence-corrected chi connectivity index (χ1v) is 8.83. The molecular formula is C18H22N2O7. The van der Waals surface area contributed by atoms with Gasteiger partial charge in [0, 0.05) is 18.1 Å². The number of ether oxygens (including phenoxy) is 1. The van der Waals surface area contributed by atoms with E-state index < -0.39 is 21.2 Å². The first-order chi connectivity index (χ1) is 12.7. The molecule has 0 aromatic heterocycles. The molecule has 0 saturated heterocycles. The Labute approximate surface area is 156 Å². The molecule has 0 bridgehead atoms. The third-order valence-electron chi connectivity index (χ3n) is 4.82. The largest absolute Gasteiger partial charge is 0.462 e. The molecule has 1 aromatic rings. The van der Waals surface area contributed by atoms with Crippen molar-refractivity contribution in [2.75, 3.05) is 0 Å². The summed E-state index contributed by atoms with van der Waals surface area (Å²) in [5.41, 5.74) is -1.83. The molecule has 0 spiro atoms. The van der Waals surface area contributed by atoms with Crippen LogP contribution in [-0.4, -0.2) is 27.7 Å². The molecule has 0 aliphatic heterocycles. The molecule has 27 heavy (non-hydrogen) atoms. The molecule has 0 radical (unpaired) electrons. The quantitative estimate of drug-likeness (QED) is 0.307. The van der Waals surface area contributed by atoms with Crippen LogP contribution in [0.1, 0.15) is 51.5 Å². The summed E-state index contributed by atoms with van der Waals surface area (Å²) in [6.07, 6.45) is 1.80. The molecule has 0 heterocycles. The zero-order chi connectivity index (χ0) is 20.2. The molecular weight excluding hydrogens is 356 g/mol. The van der Waals surface area contributed by atoms with Crippen molar-refractivity contribution in [1.29, 1.82) is 0 Å². The van der Waals surface area contributed by atoms with E-state index >= 15 is 0 Å². The number of esters is 1. The van der Waals surface area contributed by atoms with Gasteiger partial charge in [0.25, 0.3) is 11.4 Å². The average molecular weight is 378 g/mol. The van der Waals surface area contributed by atoms with Crippen molar-refractivity contribution in [3.63, 3.8) is 0 Å². The van der Waals surface area contributed by atoms with Crippen LogP contribution in [-0.2, 0) is 20.7 Å². The highest BCUT2D eigenvalue weighted by molar-refractivity contribution is 6.04. The number of ketones is 1. The lowest BCUT2D eigenvalue weighted by Crippen LogP contribution is -2.44. The number of rotatable bonds is 7. The third-order valence-corrected chi connectivity index (χ3v) is 4.82. The van der Waals surface area contributed by atoms with Crippen LogP contribution < -0.4 is 0 Å². The molecule has 1 aliphatic carbocycles. The number of benzene rings is 1. The Balaban J connectivity index is 2.32. The van der Waals surface area contributed by atoms with E-state index in [2.05, 4.69) is 0 Å². The predicted octanol–water partition coefficient (Wildman–Crippen LogP) is 3.52. The van der Waals surface area contributed by atoms with Gasteiger partial charge in [-0.1, -0.05) is 6.42 Å². The Morgan fingerprint density at radius 3 is 2.48 bits per heavy atom. The standard InChI is InChI=1S/C18H22N2O7/c1-12(2)27-17(22)18(9-4-3-5-16(18)21)10-8-13-6-7-14(19(23)24)11-15(13)20(25)26/h6-7,11-12H,3-5,8-10H2,1-2H3/t18-/m1/s1. The minimum Gasteiger partial charge on any atom is -0.462 e. The highest BCUT2D eigenvalue weighted by Gasteiger charge is 2.48. The van der Waals surface area contributed by atoms with Crippen LogP contribution in [0.4, 0.5) is 11.4 Å². The van der Waals surface area contributed by atoms with Crippen molar-refractivity contribution in [1.82, 2.24) is 0 Å². The van der Waals surface area contributed by atoms with E-state index in [1.807, 2.05) is 0 Å². The van der Waals surface area contributed by atoms with Crippen LogP contribution >= 0.6 is 0 Å². The normalized spacial score (nSPS) is 19.7. The van der Waals surface area contributed by atoms with E-state index in [0.29, 0.717) is 19.3 Å². The second kappa shape index (κ2) is 8.24. The maximum Gasteiger partial charge on any atom is 0.319 e. The fourth-order valence-electron chi connectivity index (χ4n) is 3.40. The van der Waals surface area contributed by atoms with Gasteiger partial charge >= 0.3 is 5.97 Å². The van der Waals surface area contributed by atoms with E-state index in [9.17, 15) is 29.8 Å². The number of nitro groups is 2. The number of Topliss-reactive ketones (excluding diaryl/α,β-unsaturated/α-hetero) is 1. The van der Waals surface area contributed by atoms with Crippen molar-refractivity contribution in [3.8, 4) is 0 Å². The molecule has 2 rings (SSSR count). The summed E-state index contributed by atoms with van der Waals surface area (Å²) in [5, 5.41) is 22.2. The third kappa shape index (κ3) is 4.47. The molecule has 146 valence electrons. The zero-order valence-electron chi connectivity index (χ0n) is 15.3. The predicted molar refractivity (Wildman–Crippen MR) is 95.2 cm³/mol. The number of nitrogens with zero attached hydrogens (tertiary/aromatic N) is 2. The summed E-state index contributed by atoms with van der Waals surface area (Å²) < 4.78 is 5.30. The number of non-ortho nitro benzene ring substituents is 1. The van der Waals surface area contributed by atoms with Crippen LogP contribution in [0.15, 0.2) is 18.2 Å². The lowest BCUT2D eigenvalue weighted by atomic mass is 9.69. The number of hydrogen-bond donors (Lipinski definition) is 0. The fraction of sp³-hybridized carbons (Fsp3) is 0.556. The zero-order valence-corrected chi connectivity index (χ0v) is 15.3. The Morgan fingerprint density at radius 1 is 1.22 bits per heavy atom. The monoisotopic (exact) mass is 378 g/mol. The maximum absolute atomic E-state index is 12.7. The summed E-state index contributed by atoms with van der Waals surface area (Å²) >= 11 is 0. The minimum atomic E-state index is -1.31. The average Bonchev–Trinajstić information content (AvgIpc) is 2.60. The maximum atomic E-state index is 12.7. The lowest BCUT2D eigenvalue weighted by Gasteiger charge is -2.34. The van der Waals surface area contributed by atoms with E-state index in [-0.39, 0.29) is 48.1 Å². The molecule has 9 heteroatoms. The number of aryl methyl sites for hydroxylation is 1. The molecule has 0 N–H and O–H groups in total. The van der Waals surface area contributed by atoms with Crippen LogP contribution in [0.5, 0.6) is 0 Å². The summed E-state index contributed by atoms with van der Waals surface area (Å²) in [6, 6.07) is 3.40. The van der Waals surface area contributed by atoms with E-state index in [0.717, 1.165) is 6.07 Å². The van der Waals surface area contributed by atoms with Gasteiger partial charge in [-0.05, 0) is 45.6 Å². The highest BCUT2D eigenvalue weighted by Crippen LogP contribution is 2.40. The van der Waals surface area contributed by atoms with Crippen LogP contribution in [0, 0.1) is 25.6 Å². The molecule has 0 unspecified atom stereocenters. The van der Waals surface area contributed by atoms with Gasteiger partial charge in [-0.3, -0.25) is 29.8 Å². The van der Waals surface area contributed by atoms with Crippen molar-refractivity contribution in [2.24, 2.45) is 5.41 Å². The molecule has 9 nitrogen and oxygen atoms in total. The second-order valence-electron chi connectivity index (χ2n) is 6.99. The first kappa shape index (κ1) is 20.5. The molecule has 1 aromatic carbocycles. The summed E-state index contributed by atoms with van der Waals surface area (Å²) in [6.45, 7) is 3.39. The van der Waals surface area contributed by atoms with Gasteiger partial charge in [0.05, 0.1) is 22.0 Å². The number of hydrogen-bond acceptors (Lipinski definition) is 7. The summed E-state index contributed by atoms with van der Waals surface area (Å²) in [7, 11) is 0. The first-order valence-electron chi connectivity index (χ1n) is 8.83. The Kier molecular flexibility index (Phi) is 6.24. The molecule has 0 amide bonds. The smallest absolute Gasteiger partial charge is 0.319 e. The summed E-state index contributed by atoms with van der Waals surface area (Å²) in [4.78, 5) is 46.0. The van der Waals surface area contributed by atoms with Gasteiger partial charge in [-0.2, -0.15) is 0 Å². The number of nitro benzene ring substituents is 2. The minimum absolute atomic E-state index is 0.0766. The van der Waals surface area contributed by atoms with Crippen LogP contribution in [0.2, 0.25) is 0 Å². The molecule has 1 fully saturated rings. The molecule has 1 atom stereocenters. The number of carbonyl (C=O) groups excluding carboxylic acids is 2. The molecule has 1 aliphatic rings. The Hall–Kier alpha value is -2.84. The summed E-state index contributed by atoms with van der Waals surface area (Å²) in [5.74, 6) is -0.796. The van der Waals surface area contributed by atoms with Crippen molar-refractivity contribution in [3.05, 3.63) is 44.0 Å². The van der Waals surface area contributed by atoms with Crippen molar-refractivity contribution in [2.45, 2.75) is 58.5 Å². The SMILES string of the molecule is CC(C)OC(=O)[C@@]1(CCc2ccc([N+](=O)[O-])cc2[N+](=O)[O-])CCCCC1=O.